The van der Waals surface area contributed by atoms with Gasteiger partial charge in [-0.15, -0.1) is 0 Å². The standard InChI is InChI=1S/C17H18N2O3/c1-11-4-6-13(7-5-11)12(2)19-16(20)15-9-8-14(10-18-15)17(21)22-3/h4-10,12H,1-3H3,(H,19,20). The zero-order chi connectivity index (χ0) is 16.1. The zero-order valence-corrected chi connectivity index (χ0v) is 12.8. The van der Waals surface area contributed by atoms with Crippen molar-refractivity contribution < 1.29 is 14.3 Å². The van der Waals surface area contributed by atoms with Gasteiger partial charge in [-0.05, 0) is 31.5 Å². The van der Waals surface area contributed by atoms with Crippen LogP contribution >= 0.6 is 0 Å². The van der Waals surface area contributed by atoms with Gasteiger partial charge in [0.15, 0.2) is 0 Å². The molecule has 5 heteroatoms. The molecule has 1 aromatic carbocycles. The van der Waals surface area contributed by atoms with E-state index in [-0.39, 0.29) is 17.6 Å². The first-order valence-electron chi connectivity index (χ1n) is 6.93. The molecule has 0 bridgehead atoms. The van der Waals surface area contributed by atoms with E-state index in [1.54, 1.807) is 0 Å². The van der Waals surface area contributed by atoms with Gasteiger partial charge in [-0.1, -0.05) is 29.8 Å². The number of amides is 1. The van der Waals surface area contributed by atoms with Gasteiger partial charge in [0.1, 0.15) is 5.69 Å². The predicted molar refractivity (Wildman–Crippen MR) is 82.6 cm³/mol. The van der Waals surface area contributed by atoms with Crippen LogP contribution in [0.5, 0.6) is 0 Å². The van der Waals surface area contributed by atoms with Crippen LogP contribution in [0.3, 0.4) is 0 Å². The first-order valence-corrected chi connectivity index (χ1v) is 6.93. The second-order valence-corrected chi connectivity index (χ2v) is 5.03. The number of pyridine rings is 1. The quantitative estimate of drug-likeness (QED) is 0.881. The van der Waals surface area contributed by atoms with Crippen molar-refractivity contribution in [1.29, 1.82) is 0 Å². The Morgan fingerprint density at radius 1 is 1.14 bits per heavy atom. The molecule has 0 saturated heterocycles. The summed E-state index contributed by atoms with van der Waals surface area (Å²) in [5.41, 5.74) is 2.75. The summed E-state index contributed by atoms with van der Waals surface area (Å²) in [5, 5.41) is 2.88. The molecule has 0 spiro atoms. The van der Waals surface area contributed by atoms with E-state index in [0.29, 0.717) is 5.56 Å². The molecule has 1 atom stereocenters. The van der Waals surface area contributed by atoms with Crippen LogP contribution in [0, 0.1) is 6.92 Å². The number of nitrogens with one attached hydrogen (secondary N) is 1. The number of esters is 1. The van der Waals surface area contributed by atoms with Crippen LogP contribution < -0.4 is 5.32 Å². The highest BCUT2D eigenvalue weighted by Crippen LogP contribution is 2.13. The zero-order valence-electron chi connectivity index (χ0n) is 12.8. The Bertz CT molecular complexity index is 663. The third-order valence-electron chi connectivity index (χ3n) is 3.34. The second-order valence-electron chi connectivity index (χ2n) is 5.03. The van der Waals surface area contributed by atoms with Crippen molar-refractivity contribution in [3.63, 3.8) is 0 Å². The minimum Gasteiger partial charge on any atom is -0.465 e. The number of ether oxygens (including phenoxy) is 1. The Kier molecular flexibility index (Phi) is 4.88. The molecule has 22 heavy (non-hydrogen) atoms. The van der Waals surface area contributed by atoms with Gasteiger partial charge in [-0.2, -0.15) is 0 Å². The molecule has 0 aliphatic heterocycles. The van der Waals surface area contributed by atoms with Crippen LogP contribution in [0.25, 0.3) is 0 Å². The lowest BCUT2D eigenvalue weighted by atomic mass is 10.1. The SMILES string of the molecule is COC(=O)c1ccc(C(=O)NC(C)c2ccc(C)cc2)nc1. The number of hydrogen-bond donors (Lipinski definition) is 1. The average Bonchev–Trinajstić information content (AvgIpc) is 2.54. The second kappa shape index (κ2) is 6.85. The predicted octanol–water partition coefficient (Wildman–Crippen LogP) is 2.67. The van der Waals surface area contributed by atoms with E-state index < -0.39 is 5.97 Å². The monoisotopic (exact) mass is 298 g/mol. The number of carbonyl (C=O) groups excluding carboxylic acids is 2. The number of nitrogens with zero attached hydrogens (tertiary/aromatic N) is 1. The first kappa shape index (κ1) is 15.7. The highest BCUT2D eigenvalue weighted by atomic mass is 16.5. The van der Waals surface area contributed by atoms with Gasteiger partial charge in [0.2, 0.25) is 0 Å². The maximum atomic E-state index is 12.2. The maximum Gasteiger partial charge on any atom is 0.339 e. The molecule has 0 aliphatic rings. The van der Waals surface area contributed by atoms with E-state index in [2.05, 4.69) is 15.0 Å². The minimum atomic E-state index is -0.479. The summed E-state index contributed by atoms with van der Waals surface area (Å²) in [6, 6.07) is 10.9. The molecule has 2 aromatic rings. The van der Waals surface area contributed by atoms with Crippen LogP contribution in [-0.4, -0.2) is 24.0 Å². The minimum absolute atomic E-state index is 0.129. The third-order valence-corrected chi connectivity index (χ3v) is 3.34. The fourth-order valence-corrected chi connectivity index (χ4v) is 1.98. The Morgan fingerprint density at radius 3 is 2.36 bits per heavy atom. The van der Waals surface area contributed by atoms with E-state index in [0.717, 1.165) is 5.56 Å². The fraction of sp³-hybridized carbons (Fsp3) is 0.235. The summed E-state index contributed by atoms with van der Waals surface area (Å²) in [4.78, 5) is 27.5. The Hall–Kier alpha value is -2.69. The molecule has 0 radical (unpaired) electrons. The van der Waals surface area contributed by atoms with E-state index in [1.165, 1.54) is 31.0 Å². The molecule has 1 N–H and O–H groups in total. The summed E-state index contributed by atoms with van der Waals surface area (Å²) >= 11 is 0. The van der Waals surface area contributed by atoms with E-state index >= 15 is 0 Å². The van der Waals surface area contributed by atoms with Gasteiger partial charge >= 0.3 is 5.97 Å². The van der Waals surface area contributed by atoms with Crippen molar-refractivity contribution in [3.8, 4) is 0 Å². The number of rotatable bonds is 4. The maximum absolute atomic E-state index is 12.2. The van der Waals surface area contributed by atoms with Crippen molar-refractivity contribution in [2.24, 2.45) is 0 Å². The Morgan fingerprint density at radius 2 is 1.82 bits per heavy atom. The molecule has 114 valence electrons. The lowest BCUT2D eigenvalue weighted by Gasteiger charge is -2.14. The average molecular weight is 298 g/mol. The topological polar surface area (TPSA) is 68.3 Å². The van der Waals surface area contributed by atoms with Gasteiger partial charge in [-0.25, -0.2) is 4.79 Å². The lowest BCUT2D eigenvalue weighted by molar-refractivity contribution is 0.0599. The molecule has 1 unspecified atom stereocenters. The van der Waals surface area contributed by atoms with Crippen molar-refractivity contribution in [2.75, 3.05) is 7.11 Å². The van der Waals surface area contributed by atoms with E-state index in [1.807, 2.05) is 38.1 Å². The van der Waals surface area contributed by atoms with Crippen LogP contribution in [-0.2, 0) is 4.74 Å². The number of carbonyl (C=O) groups is 2. The van der Waals surface area contributed by atoms with E-state index in [4.69, 9.17) is 0 Å². The van der Waals surface area contributed by atoms with Crippen LogP contribution in [0.1, 0.15) is 44.9 Å². The highest BCUT2D eigenvalue weighted by Gasteiger charge is 2.13. The van der Waals surface area contributed by atoms with Crippen molar-refractivity contribution in [2.45, 2.75) is 19.9 Å². The number of hydrogen-bond acceptors (Lipinski definition) is 4. The normalized spacial score (nSPS) is 11.6. The van der Waals surface area contributed by atoms with E-state index in [9.17, 15) is 9.59 Å². The number of aryl methyl sites for hydroxylation is 1. The van der Waals surface area contributed by atoms with Gasteiger partial charge in [0, 0.05) is 6.20 Å². The number of aromatic nitrogens is 1. The lowest BCUT2D eigenvalue weighted by Crippen LogP contribution is -2.27. The highest BCUT2D eigenvalue weighted by molar-refractivity contribution is 5.94. The smallest absolute Gasteiger partial charge is 0.339 e. The van der Waals surface area contributed by atoms with Gasteiger partial charge in [0.05, 0.1) is 18.7 Å². The molecular formula is C17H18N2O3. The van der Waals surface area contributed by atoms with Crippen molar-refractivity contribution >= 4 is 11.9 Å². The van der Waals surface area contributed by atoms with Crippen LogP contribution in [0.15, 0.2) is 42.6 Å². The first-order chi connectivity index (χ1) is 10.5. The summed E-state index contributed by atoms with van der Waals surface area (Å²) in [6.07, 6.45) is 1.33. The molecule has 1 aromatic heterocycles. The molecular weight excluding hydrogens is 280 g/mol. The number of benzene rings is 1. The molecule has 2 rings (SSSR count). The third kappa shape index (κ3) is 3.69. The summed E-state index contributed by atoms with van der Waals surface area (Å²) in [7, 11) is 1.30. The Balaban J connectivity index is 2.05. The Labute approximate surface area is 129 Å². The molecule has 0 aliphatic carbocycles. The molecule has 0 saturated carbocycles. The largest absolute Gasteiger partial charge is 0.465 e. The van der Waals surface area contributed by atoms with Crippen molar-refractivity contribution in [1.82, 2.24) is 10.3 Å². The van der Waals surface area contributed by atoms with Gasteiger partial charge < -0.3 is 10.1 Å². The molecule has 5 nitrogen and oxygen atoms in total. The molecule has 0 fully saturated rings. The fourth-order valence-electron chi connectivity index (χ4n) is 1.98. The molecule has 1 heterocycles. The van der Waals surface area contributed by atoms with Crippen LogP contribution in [0.2, 0.25) is 0 Å². The van der Waals surface area contributed by atoms with Gasteiger partial charge in [0.25, 0.3) is 5.91 Å². The van der Waals surface area contributed by atoms with Crippen LogP contribution in [0.4, 0.5) is 0 Å². The molecule has 1 amide bonds. The number of methoxy groups -OCH3 is 1. The summed E-state index contributed by atoms with van der Waals surface area (Å²) in [6.45, 7) is 3.92. The summed E-state index contributed by atoms with van der Waals surface area (Å²) < 4.78 is 4.59. The van der Waals surface area contributed by atoms with Gasteiger partial charge in [-0.3, -0.25) is 9.78 Å². The van der Waals surface area contributed by atoms with Crippen molar-refractivity contribution in [3.05, 3.63) is 65.0 Å². The summed E-state index contributed by atoms with van der Waals surface area (Å²) in [5.74, 6) is -0.767.